The average molecular weight is 394 g/mol. The lowest BCUT2D eigenvalue weighted by Crippen LogP contribution is -2.57. The fourth-order valence-corrected chi connectivity index (χ4v) is 4.71. The number of hydrogen-bond donors (Lipinski definition) is 1. The maximum absolute atomic E-state index is 11.9. The molecule has 0 radical (unpaired) electrons. The Morgan fingerprint density at radius 1 is 1.31 bits per heavy atom. The van der Waals surface area contributed by atoms with E-state index in [2.05, 4.69) is 9.88 Å². The lowest BCUT2D eigenvalue weighted by atomic mass is 9.87. The molecule has 1 unspecified atom stereocenters. The monoisotopic (exact) mass is 393 g/mol. The number of primary amides is 1. The molecule has 1 aromatic heterocycles. The summed E-state index contributed by atoms with van der Waals surface area (Å²) >= 11 is 1.51. The van der Waals surface area contributed by atoms with Crippen molar-refractivity contribution in [2.24, 2.45) is 5.73 Å². The zero-order valence-corrected chi connectivity index (χ0v) is 16.6. The second-order valence-corrected chi connectivity index (χ2v) is 9.83. The number of carbonyl (C=O) groups excluding carboxylic acids is 1. The van der Waals surface area contributed by atoms with Crippen molar-refractivity contribution in [2.75, 3.05) is 12.8 Å². The highest BCUT2D eigenvalue weighted by Crippen LogP contribution is 2.31. The van der Waals surface area contributed by atoms with Gasteiger partial charge < -0.3 is 5.73 Å². The number of piperidine rings is 1. The van der Waals surface area contributed by atoms with Gasteiger partial charge in [0.25, 0.3) is 0 Å². The average Bonchev–Trinajstić information content (AvgIpc) is 3.05. The van der Waals surface area contributed by atoms with Crippen molar-refractivity contribution in [3.8, 4) is 10.6 Å². The van der Waals surface area contributed by atoms with Crippen LogP contribution in [0.1, 0.15) is 31.9 Å². The maximum Gasteiger partial charge on any atom is 0.237 e. The van der Waals surface area contributed by atoms with Gasteiger partial charge in [0.05, 0.1) is 16.1 Å². The highest BCUT2D eigenvalue weighted by molar-refractivity contribution is 7.90. The molecular weight excluding hydrogens is 370 g/mol. The van der Waals surface area contributed by atoms with Gasteiger partial charge in [-0.1, -0.05) is 12.1 Å². The van der Waals surface area contributed by atoms with Gasteiger partial charge in [0, 0.05) is 23.7 Å². The number of thiazole rings is 1. The predicted octanol–water partition coefficient (Wildman–Crippen LogP) is 2.44. The first-order chi connectivity index (χ1) is 12.2. The fourth-order valence-electron chi connectivity index (χ4n) is 3.26. The van der Waals surface area contributed by atoms with Crippen LogP contribution in [0.5, 0.6) is 0 Å². The van der Waals surface area contributed by atoms with Gasteiger partial charge in [0.2, 0.25) is 5.91 Å². The number of likely N-dealkylation sites (tertiary alicyclic amines) is 1. The Kier molecular flexibility index (Phi) is 5.18. The van der Waals surface area contributed by atoms with Crippen LogP contribution >= 0.6 is 11.3 Å². The molecule has 3 rings (SSSR count). The predicted molar refractivity (Wildman–Crippen MR) is 103 cm³/mol. The first-order valence-electron chi connectivity index (χ1n) is 8.50. The summed E-state index contributed by atoms with van der Waals surface area (Å²) in [6, 6.07) is 6.74. The van der Waals surface area contributed by atoms with Crippen LogP contribution in [0.25, 0.3) is 10.6 Å². The van der Waals surface area contributed by atoms with Gasteiger partial charge in [-0.3, -0.25) is 9.69 Å². The van der Waals surface area contributed by atoms with Crippen LogP contribution in [0.15, 0.2) is 34.5 Å². The van der Waals surface area contributed by atoms with E-state index in [-0.39, 0.29) is 5.91 Å². The summed E-state index contributed by atoms with van der Waals surface area (Å²) in [5, 5.41) is 2.81. The number of nitrogens with two attached hydrogens (primary N) is 1. The van der Waals surface area contributed by atoms with E-state index in [0.29, 0.717) is 11.4 Å². The molecule has 2 N–H and O–H groups in total. The summed E-state index contributed by atoms with van der Waals surface area (Å²) in [6.07, 6.45) is 4.02. The summed E-state index contributed by atoms with van der Waals surface area (Å²) in [7, 11) is -3.20. The van der Waals surface area contributed by atoms with Crippen molar-refractivity contribution >= 4 is 27.1 Å². The quantitative estimate of drug-likeness (QED) is 0.842. The van der Waals surface area contributed by atoms with Crippen LogP contribution in [0.3, 0.4) is 0 Å². The highest BCUT2D eigenvalue weighted by Gasteiger charge is 2.39. The van der Waals surface area contributed by atoms with Crippen LogP contribution < -0.4 is 5.73 Å². The zero-order valence-electron chi connectivity index (χ0n) is 14.9. The van der Waals surface area contributed by atoms with Crippen molar-refractivity contribution in [3.63, 3.8) is 0 Å². The van der Waals surface area contributed by atoms with Gasteiger partial charge in [-0.05, 0) is 44.9 Å². The molecule has 0 bridgehead atoms. The van der Waals surface area contributed by atoms with Crippen molar-refractivity contribution in [1.82, 2.24) is 9.88 Å². The van der Waals surface area contributed by atoms with Gasteiger partial charge in [-0.15, -0.1) is 11.3 Å². The Morgan fingerprint density at radius 3 is 2.62 bits per heavy atom. The second kappa shape index (κ2) is 7.09. The first kappa shape index (κ1) is 19.0. The molecule has 1 saturated heterocycles. The molecule has 140 valence electrons. The number of nitrogens with zero attached hydrogens (tertiary/aromatic N) is 2. The van der Waals surface area contributed by atoms with Crippen LogP contribution in [-0.4, -0.2) is 42.5 Å². The second-order valence-electron chi connectivity index (χ2n) is 6.96. The molecule has 1 fully saturated rings. The number of benzene rings is 1. The SMILES string of the molecule is CC1(C(N)=O)CCCCN1Cc1csc(-c2ccc(S(C)(=O)=O)cc2)n1. The number of hydrogen-bond acceptors (Lipinski definition) is 6. The van der Waals surface area contributed by atoms with Gasteiger partial charge in [0.15, 0.2) is 9.84 Å². The van der Waals surface area contributed by atoms with Crippen LogP contribution in [-0.2, 0) is 21.2 Å². The molecule has 2 aromatic rings. The Morgan fingerprint density at radius 2 is 2.00 bits per heavy atom. The van der Waals surface area contributed by atoms with E-state index in [0.717, 1.165) is 42.1 Å². The maximum atomic E-state index is 11.9. The lowest BCUT2D eigenvalue weighted by Gasteiger charge is -2.42. The first-order valence-corrected chi connectivity index (χ1v) is 11.3. The van der Waals surface area contributed by atoms with Crippen LogP contribution in [0.2, 0.25) is 0 Å². The number of sulfone groups is 1. The summed E-state index contributed by atoms with van der Waals surface area (Å²) in [4.78, 5) is 19.0. The zero-order chi connectivity index (χ0) is 18.9. The van der Waals surface area contributed by atoms with Crippen molar-refractivity contribution in [3.05, 3.63) is 35.3 Å². The van der Waals surface area contributed by atoms with Gasteiger partial charge in [-0.25, -0.2) is 13.4 Å². The number of aromatic nitrogens is 1. The largest absolute Gasteiger partial charge is 0.368 e. The minimum atomic E-state index is -3.20. The molecule has 26 heavy (non-hydrogen) atoms. The Bertz CT molecular complexity index is 906. The molecule has 2 heterocycles. The number of amides is 1. The van der Waals surface area contributed by atoms with Crippen molar-refractivity contribution in [1.29, 1.82) is 0 Å². The van der Waals surface area contributed by atoms with E-state index in [1.54, 1.807) is 24.3 Å². The minimum Gasteiger partial charge on any atom is -0.368 e. The van der Waals surface area contributed by atoms with E-state index in [1.165, 1.54) is 17.6 Å². The molecule has 0 spiro atoms. The molecule has 0 saturated carbocycles. The molecule has 8 heteroatoms. The van der Waals surface area contributed by atoms with E-state index in [1.807, 2.05) is 12.3 Å². The smallest absolute Gasteiger partial charge is 0.237 e. The van der Waals surface area contributed by atoms with E-state index in [4.69, 9.17) is 5.73 Å². The normalized spacial score (nSPS) is 21.6. The van der Waals surface area contributed by atoms with E-state index >= 15 is 0 Å². The molecule has 1 aliphatic heterocycles. The van der Waals surface area contributed by atoms with Crippen molar-refractivity contribution in [2.45, 2.75) is 43.2 Å². The summed E-state index contributed by atoms with van der Waals surface area (Å²) < 4.78 is 23.1. The number of rotatable bonds is 5. The molecule has 1 aromatic carbocycles. The molecule has 1 aliphatic rings. The van der Waals surface area contributed by atoms with Crippen LogP contribution in [0, 0.1) is 0 Å². The standard InChI is InChI=1S/C18H23N3O3S2/c1-18(17(19)22)9-3-4-10-21(18)11-14-12-25-16(20-14)13-5-7-15(8-6-13)26(2,23)24/h5-8,12H,3-4,9-11H2,1-2H3,(H2,19,22). The summed E-state index contributed by atoms with van der Waals surface area (Å²) in [5.41, 5.74) is 6.79. The van der Waals surface area contributed by atoms with Crippen LogP contribution in [0.4, 0.5) is 0 Å². The third kappa shape index (κ3) is 3.82. The van der Waals surface area contributed by atoms with Gasteiger partial charge >= 0.3 is 0 Å². The lowest BCUT2D eigenvalue weighted by molar-refractivity contribution is -0.132. The van der Waals surface area contributed by atoms with Crippen molar-refractivity contribution < 1.29 is 13.2 Å². The fraction of sp³-hybridized carbons (Fsp3) is 0.444. The van der Waals surface area contributed by atoms with E-state index in [9.17, 15) is 13.2 Å². The molecule has 0 aliphatic carbocycles. The molecule has 1 atom stereocenters. The minimum absolute atomic E-state index is 0.288. The van der Waals surface area contributed by atoms with Gasteiger partial charge in [0.1, 0.15) is 5.01 Å². The van der Waals surface area contributed by atoms with Gasteiger partial charge in [-0.2, -0.15) is 0 Å². The third-order valence-electron chi connectivity index (χ3n) is 5.00. The summed E-state index contributed by atoms with van der Waals surface area (Å²) in [5.74, 6) is -0.288. The Balaban J connectivity index is 1.78. The molecule has 1 amide bonds. The summed E-state index contributed by atoms with van der Waals surface area (Å²) in [6.45, 7) is 3.32. The highest BCUT2D eigenvalue weighted by atomic mass is 32.2. The molecule has 6 nitrogen and oxygen atoms in total. The number of carbonyl (C=O) groups is 1. The van der Waals surface area contributed by atoms with E-state index < -0.39 is 15.4 Å². The molecular formula is C18H23N3O3S2. The topological polar surface area (TPSA) is 93.4 Å². The Labute approximate surface area is 158 Å². The Hall–Kier alpha value is -1.77. The third-order valence-corrected chi connectivity index (χ3v) is 7.07.